The third-order valence-corrected chi connectivity index (χ3v) is 18.4. The summed E-state index contributed by atoms with van der Waals surface area (Å²) >= 11 is 1.20. The normalized spacial score (nSPS) is 38.7. The summed E-state index contributed by atoms with van der Waals surface area (Å²) in [4.78, 5) is 15.1. The van der Waals surface area contributed by atoms with Crippen LogP contribution in [0.25, 0.3) is 11.1 Å². The number of rotatable bonds is 9. The van der Waals surface area contributed by atoms with Gasteiger partial charge in [-0.15, -0.1) is 11.3 Å². The highest BCUT2D eigenvalue weighted by atomic mass is 32.2. The first-order chi connectivity index (χ1) is 25.4. The molecule has 1 aliphatic heterocycles. The molecule has 2 bridgehead atoms. The van der Waals surface area contributed by atoms with Gasteiger partial charge in [0.25, 0.3) is 10.0 Å². The van der Waals surface area contributed by atoms with Crippen LogP contribution in [0.5, 0.6) is 0 Å². The molecule has 6 aliphatic carbocycles. The second-order valence-electron chi connectivity index (χ2n) is 17.4. The molecule has 9 unspecified atom stereocenters. The summed E-state index contributed by atoms with van der Waals surface area (Å²) in [5.74, 6) is 0.0866. The van der Waals surface area contributed by atoms with Crippen molar-refractivity contribution in [2.45, 2.75) is 93.7 Å². The zero-order valence-corrected chi connectivity index (χ0v) is 32.4. The Bertz CT molecular complexity index is 2060. The molecule has 7 aliphatic rings. The van der Waals surface area contributed by atoms with Crippen molar-refractivity contribution in [2.75, 3.05) is 19.7 Å². The van der Waals surface area contributed by atoms with E-state index in [0.717, 1.165) is 55.2 Å². The van der Waals surface area contributed by atoms with E-state index in [1.807, 2.05) is 42.5 Å². The van der Waals surface area contributed by atoms with E-state index in [9.17, 15) is 18.6 Å². The fourth-order valence-corrected chi connectivity index (χ4v) is 15.0. The molecule has 7 nitrogen and oxygen atoms in total. The maximum atomic E-state index is 15.1. The van der Waals surface area contributed by atoms with Crippen molar-refractivity contribution in [1.82, 2.24) is 4.31 Å². The number of thiophene rings is 1. The van der Waals surface area contributed by atoms with Crippen molar-refractivity contribution in [1.29, 1.82) is 0 Å². The first-order valence-electron chi connectivity index (χ1n) is 19.6. The molecule has 280 valence electrons. The number of hydrogen-bond acceptors (Lipinski definition) is 7. The van der Waals surface area contributed by atoms with Crippen LogP contribution in [-0.2, 0) is 14.8 Å². The van der Waals surface area contributed by atoms with Gasteiger partial charge in [-0.3, -0.25) is 4.79 Å². The standard InChI is InChI=1S/C44H51NO6S2/c1-40-19-16-33(46)26-42(40)22-23-44(35(27-42)39(47)32-14-12-31(13-15-32)30-8-4-3-5-9-30)36(40)17-20-41(2)37(44)18-21-43(41,48)29-45(28-34-10-6-24-51-34)53(49,50)38-11-7-25-52-38/h3-5,7-9,11-15,22-23,25,27,33-34,36-37,46,48H,6,10,16-21,24,26,28-29H2,1-2H3. The molecule has 3 saturated carbocycles. The Labute approximate surface area is 317 Å². The van der Waals surface area contributed by atoms with Crippen molar-refractivity contribution < 1.29 is 28.2 Å². The highest BCUT2D eigenvalue weighted by Gasteiger charge is 2.74. The molecule has 4 fully saturated rings. The predicted molar refractivity (Wildman–Crippen MR) is 207 cm³/mol. The molecule has 1 saturated heterocycles. The van der Waals surface area contributed by atoms with E-state index in [2.05, 4.69) is 44.2 Å². The molecule has 0 radical (unpaired) electrons. The van der Waals surface area contributed by atoms with Gasteiger partial charge >= 0.3 is 0 Å². The molecular weight excluding hydrogens is 703 g/mol. The van der Waals surface area contributed by atoms with Gasteiger partial charge in [-0.1, -0.05) is 92.7 Å². The highest BCUT2D eigenvalue weighted by molar-refractivity contribution is 7.91. The van der Waals surface area contributed by atoms with Crippen molar-refractivity contribution >= 4 is 27.1 Å². The topological polar surface area (TPSA) is 104 Å². The van der Waals surface area contributed by atoms with E-state index in [-0.39, 0.29) is 46.4 Å². The minimum atomic E-state index is -3.88. The lowest BCUT2D eigenvalue weighted by atomic mass is 9.32. The number of ether oxygens (including phenoxy) is 1. The Hall–Kier alpha value is -2.92. The van der Waals surface area contributed by atoms with Gasteiger partial charge in [-0.2, -0.15) is 4.31 Å². The monoisotopic (exact) mass is 753 g/mol. The van der Waals surface area contributed by atoms with Crippen LogP contribution in [0.1, 0.15) is 82.0 Å². The molecule has 2 aromatic carbocycles. The number of aliphatic hydroxyl groups excluding tert-OH is 1. The highest BCUT2D eigenvalue weighted by Crippen LogP contribution is 2.78. The molecule has 2 heterocycles. The van der Waals surface area contributed by atoms with Crippen LogP contribution in [0.2, 0.25) is 0 Å². The van der Waals surface area contributed by atoms with Crippen molar-refractivity contribution in [2.24, 2.45) is 33.5 Å². The van der Waals surface area contributed by atoms with Crippen LogP contribution in [0.15, 0.2) is 100 Å². The van der Waals surface area contributed by atoms with Gasteiger partial charge in [-0.05, 0) is 97.6 Å². The average Bonchev–Trinajstić information content (AvgIpc) is 3.94. The van der Waals surface area contributed by atoms with Gasteiger partial charge in [0.2, 0.25) is 0 Å². The van der Waals surface area contributed by atoms with E-state index in [1.54, 1.807) is 17.5 Å². The van der Waals surface area contributed by atoms with Crippen molar-refractivity contribution in [3.8, 4) is 11.1 Å². The number of hydrogen-bond donors (Lipinski definition) is 2. The lowest BCUT2D eigenvalue weighted by molar-refractivity contribution is -0.174. The van der Waals surface area contributed by atoms with Crippen LogP contribution in [0.3, 0.4) is 0 Å². The van der Waals surface area contributed by atoms with Gasteiger partial charge in [-0.25, -0.2) is 8.42 Å². The number of sulfonamides is 1. The minimum absolute atomic E-state index is 0.00804. The summed E-state index contributed by atoms with van der Waals surface area (Å²) < 4.78 is 36.3. The van der Waals surface area contributed by atoms with Gasteiger partial charge in [0.15, 0.2) is 5.78 Å². The van der Waals surface area contributed by atoms with Crippen molar-refractivity contribution in [3.63, 3.8) is 0 Å². The van der Waals surface area contributed by atoms with Crippen LogP contribution < -0.4 is 0 Å². The molecule has 0 amide bonds. The van der Waals surface area contributed by atoms with E-state index in [1.165, 1.54) is 15.6 Å². The van der Waals surface area contributed by atoms with Gasteiger partial charge < -0.3 is 14.9 Å². The zero-order chi connectivity index (χ0) is 36.9. The van der Waals surface area contributed by atoms with Gasteiger partial charge in [0, 0.05) is 47.1 Å². The Morgan fingerprint density at radius 3 is 2.32 bits per heavy atom. The van der Waals surface area contributed by atoms with E-state index in [0.29, 0.717) is 31.4 Å². The van der Waals surface area contributed by atoms with E-state index < -0.39 is 38.0 Å². The Balaban J connectivity index is 1.12. The lowest BCUT2D eigenvalue weighted by Crippen LogP contribution is -2.67. The Morgan fingerprint density at radius 2 is 1.60 bits per heavy atom. The third kappa shape index (κ3) is 5.17. The molecule has 10 rings (SSSR count). The van der Waals surface area contributed by atoms with E-state index in [4.69, 9.17) is 4.74 Å². The molecule has 3 aromatic rings. The number of ketones is 1. The lowest BCUT2D eigenvalue weighted by Gasteiger charge is -2.71. The Morgan fingerprint density at radius 1 is 0.887 bits per heavy atom. The number of fused-ring (bicyclic) bond motifs is 1. The Kier molecular flexibility index (Phi) is 8.47. The second-order valence-corrected chi connectivity index (χ2v) is 20.6. The maximum Gasteiger partial charge on any atom is 0.252 e. The van der Waals surface area contributed by atoms with E-state index >= 15 is 4.79 Å². The molecule has 1 aromatic heterocycles. The van der Waals surface area contributed by atoms with Gasteiger partial charge in [0.1, 0.15) is 4.21 Å². The molecule has 9 heteroatoms. The van der Waals surface area contributed by atoms with Crippen LogP contribution in [0.4, 0.5) is 0 Å². The summed E-state index contributed by atoms with van der Waals surface area (Å²) in [5.41, 5.74) is 0.405. The smallest absolute Gasteiger partial charge is 0.252 e. The first-order valence-corrected chi connectivity index (χ1v) is 21.9. The number of Topliss-reactive ketones (excluding diaryl/α,β-unsaturated/α-hetero) is 1. The minimum Gasteiger partial charge on any atom is -0.393 e. The maximum absolute atomic E-state index is 15.1. The van der Waals surface area contributed by atoms with Crippen LogP contribution >= 0.6 is 11.3 Å². The molecule has 9 atom stereocenters. The summed E-state index contributed by atoms with van der Waals surface area (Å²) in [6, 6.07) is 21.5. The number of carbonyl (C=O) groups is 1. The number of aliphatic hydroxyl groups is 2. The SMILES string of the molecule is CC12CCC(O)CC13C=CC1(C(C(=O)c4ccc(-c5ccccc5)cc4)=C3)C2CCC2(C)C1CCC2(O)CN(CC1CCCO1)S(=O)(=O)c1cccs1. The average molecular weight is 754 g/mol. The number of benzene rings is 2. The largest absolute Gasteiger partial charge is 0.393 e. The second kappa shape index (κ2) is 12.6. The quantitative estimate of drug-likeness (QED) is 0.169. The van der Waals surface area contributed by atoms with Crippen LogP contribution in [0, 0.1) is 33.5 Å². The van der Waals surface area contributed by atoms with Crippen LogP contribution in [-0.4, -0.2) is 66.2 Å². The summed E-state index contributed by atoms with van der Waals surface area (Å²) in [6.45, 7) is 5.38. The zero-order valence-electron chi connectivity index (χ0n) is 30.7. The molecule has 2 spiro atoms. The molecule has 53 heavy (non-hydrogen) atoms. The summed E-state index contributed by atoms with van der Waals surface area (Å²) in [6.07, 6.45) is 12.8. The summed E-state index contributed by atoms with van der Waals surface area (Å²) in [5, 5.41) is 25.9. The van der Waals surface area contributed by atoms with Crippen molar-refractivity contribution in [3.05, 3.63) is 101 Å². The number of nitrogens with zero attached hydrogens (tertiary/aromatic N) is 1. The third-order valence-electron chi connectivity index (χ3n) is 15.2. The fourth-order valence-electron chi connectivity index (χ4n) is 12.3. The predicted octanol–water partition coefficient (Wildman–Crippen LogP) is 8.06. The number of carbonyl (C=O) groups excluding carboxylic acids is 1. The molecular formula is C44H51NO6S2. The number of allylic oxidation sites excluding steroid dienone is 4. The summed E-state index contributed by atoms with van der Waals surface area (Å²) in [7, 11) is -3.88. The first kappa shape index (κ1) is 35.8. The molecule has 2 N–H and O–H groups in total. The fraction of sp³-hybridized carbons (Fsp3) is 0.523. The van der Waals surface area contributed by atoms with Gasteiger partial charge in [0.05, 0.1) is 17.8 Å².